The van der Waals surface area contributed by atoms with E-state index in [1.807, 2.05) is 0 Å². The quantitative estimate of drug-likeness (QED) is 0.808. The average molecular weight is 336 g/mol. The van der Waals surface area contributed by atoms with Gasteiger partial charge in [0.1, 0.15) is 5.02 Å². The van der Waals surface area contributed by atoms with Crippen LogP contribution in [0.4, 0.5) is 5.69 Å². The first-order chi connectivity index (χ1) is 9.93. The Morgan fingerprint density at radius 2 is 2.33 bits per heavy atom. The summed E-state index contributed by atoms with van der Waals surface area (Å²) < 4.78 is 28.9. The van der Waals surface area contributed by atoms with E-state index in [1.54, 1.807) is 0 Å². The number of rotatable bonds is 6. The normalized spacial score (nSPS) is 20.6. The van der Waals surface area contributed by atoms with Crippen LogP contribution >= 0.6 is 11.6 Å². The topological polar surface area (TPSA) is 90.3 Å². The zero-order chi connectivity index (χ0) is 15.5. The van der Waals surface area contributed by atoms with E-state index in [1.165, 1.54) is 18.0 Å². The van der Waals surface area contributed by atoms with Gasteiger partial charge in [0, 0.05) is 13.7 Å². The van der Waals surface area contributed by atoms with Crippen molar-refractivity contribution < 1.29 is 13.2 Å². The molecule has 118 valence electrons. The van der Waals surface area contributed by atoms with Crippen LogP contribution in [0, 0.1) is 5.92 Å². The summed E-state index contributed by atoms with van der Waals surface area (Å²) in [6.45, 7) is 1.16. The first-order valence-electron chi connectivity index (χ1n) is 6.62. The van der Waals surface area contributed by atoms with Gasteiger partial charge in [-0.25, -0.2) is 13.1 Å². The highest BCUT2D eigenvalue weighted by Crippen LogP contribution is 2.21. The van der Waals surface area contributed by atoms with E-state index in [2.05, 4.69) is 10.4 Å². The van der Waals surface area contributed by atoms with Crippen molar-refractivity contribution in [2.75, 3.05) is 37.1 Å². The van der Waals surface area contributed by atoms with Crippen molar-refractivity contribution >= 4 is 27.1 Å². The lowest BCUT2D eigenvalue weighted by molar-refractivity contribution is 0.182. The Hall–Kier alpha value is -1.12. The number of nitrogens with zero attached hydrogens (tertiary/aromatic N) is 2. The maximum absolute atomic E-state index is 12.0. The van der Waals surface area contributed by atoms with Gasteiger partial charge in [-0.2, -0.15) is 5.10 Å². The molecule has 1 aromatic rings. The highest BCUT2D eigenvalue weighted by Gasteiger charge is 2.27. The first-order valence-corrected chi connectivity index (χ1v) is 8.82. The van der Waals surface area contributed by atoms with Gasteiger partial charge < -0.3 is 10.1 Å². The number of nitrogens with one attached hydrogen (secondary N) is 1. The number of anilines is 1. The van der Waals surface area contributed by atoms with Gasteiger partial charge in [-0.3, -0.25) is 4.79 Å². The molecule has 0 spiro atoms. The summed E-state index contributed by atoms with van der Waals surface area (Å²) in [4.78, 5) is 12.0. The average Bonchev–Trinajstić information content (AvgIpc) is 2.79. The van der Waals surface area contributed by atoms with Crippen LogP contribution in [-0.2, 0) is 21.1 Å². The second-order valence-electron chi connectivity index (χ2n) is 5.04. The van der Waals surface area contributed by atoms with Gasteiger partial charge in [-0.1, -0.05) is 11.6 Å². The summed E-state index contributed by atoms with van der Waals surface area (Å²) in [6.07, 6.45) is 2.11. The van der Waals surface area contributed by atoms with Gasteiger partial charge in [-0.15, -0.1) is 0 Å². The molecule has 21 heavy (non-hydrogen) atoms. The van der Waals surface area contributed by atoms with E-state index >= 15 is 0 Å². The summed E-state index contributed by atoms with van der Waals surface area (Å²) in [5, 5.41) is 7.08. The Morgan fingerprint density at radius 1 is 1.57 bits per heavy atom. The zero-order valence-electron chi connectivity index (χ0n) is 11.7. The minimum Gasteiger partial charge on any atom is -0.383 e. The molecule has 0 bridgehead atoms. The second-order valence-corrected chi connectivity index (χ2v) is 7.65. The Bertz CT molecular complexity index is 659. The Kier molecular flexibility index (Phi) is 5.23. The highest BCUT2D eigenvalue weighted by atomic mass is 35.5. The third kappa shape index (κ3) is 4.18. The predicted octanol–water partition coefficient (Wildman–Crippen LogP) is 0.390. The molecule has 2 heterocycles. The number of aromatic nitrogens is 2. The molecule has 0 radical (unpaired) electrons. The number of ether oxygens (including phenoxy) is 1. The minimum atomic E-state index is -2.90. The van der Waals surface area contributed by atoms with E-state index in [9.17, 15) is 13.2 Å². The monoisotopic (exact) mass is 335 g/mol. The van der Waals surface area contributed by atoms with Crippen LogP contribution in [0.15, 0.2) is 11.0 Å². The molecule has 2 rings (SSSR count). The molecular weight excluding hydrogens is 318 g/mol. The lowest BCUT2D eigenvalue weighted by Crippen LogP contribution is -2.26. The Morgan fingerprint density at radius 3 is 2.95 bits per heavy atom. The smallest absolute Gasteiger partial charge is 0.287 e. The SMILES string of the molecule is COCCn1ncc(NCC2CCS(=O)(=O)C2)c(Cl)c1=O. The zero-order valence-corrected chi connectivity index (χ0v) is 13.3. The molecule has 0 saturated carbocycles. The molecule has 1 aliphatic heterocycles. The van der Waals surface area contributed by atoms with Gasteiger partial charge in [0.2, 0.25) is 0 Å². The molecule has 0 amide bonds. The molecule has 1 N–H and O–H groups in total. The van der Waals surface area contributed by atoms with Crippen molar-refractivity contribution in [3.8, 4) is 0 Å². The predicted molar refractivity (Wildman–Crippen MR) is 80.6 cm³/mol. The van der Waals surface area contributed by atoms with Gasteiger partial charge in [0.15, 0.2) is 9.84 Å². The summed E-state index contributed by atoms with van der Waals surface area (Å²) in [5.74, 6) is 0.446. The van der Waals surface area contributed by atoms with E-state index in [0.717, 1.165) is 0 Å². The van der Waals surface area contributed by atoms with Gasteiger partial charge in [0.05, 0.1) is 36.5 Å². The molecular formula is C12H18ClN3O4S. The van der Waals surface area contributed by atoms with Crippen molar-refractivity contribution in [1.29, 1.82) is 0 Å². The van der Waals surface area contributed by atoms with Crippen LogP contribution in [0.25, 0.3) is 0 Å². The van der Waals surface area contributed by atoms with Crippen LogP contribution in [0.1, 0.15) is 6.42 Å². The third-order valence-corrected chi connectivity index (χ3v) is 5.60. The number of hydrogen-bond donors (Lipinski definition) is 1. The fourth-order valence-electron chi connectivity index (χ4n) is 2.21. The van der Waals surface area contributed by atoms with Crippen LogP contribution in [0.3, 0.4) is 0 Å². The maximum atomic E-state index is 12.0. The van der Waals surface area contributed by atoms with Gasteiger partial charge >= 0.3 is 0 Å². The summed E-state index contributed by atoms with van der Waals surface area (Å²) in [6, 6.07) is 0. The maximum Gasteiger partial charge on any atom is 0.287 e. The van der Waals surface area contributed by atoms with Crippen molar-refractivity contribution in [1.82, 2.24) is 9.78 Å². The molecule has 1 fully saturated rings. The molecule has 0 aromatic carbocycles. The second kappa shape index (κ2) is 6.76. The van der Waals surface area contributed by atoms with Gasteiger partial charge in [0.25, 0.3) is 5.56 Å². The van der Waals surface area contributed by atoms with Crippen LogP contribution < -0.4 is 10.9 Å². The van der Waals surface area contributed by atoms with Crippen LogP contribution in [0.5, 0.6) is 0 Å². The lowest BCUT2D eigenvalue weighted by atomic mass is 10.1. The standard InChI is InChI=1S/C12H18ClN3O4S/c1-20-4-3-16-12(17)11(13)10(7-15-16)14-6-9-2-5-21(18,19)8-9/h7,9,14H,2-6,8H2,1H3. The molecule has 1 saturated heterocycles. The molecule has 7 nitrogen and oxygen atoms in total. The number of halogens is 1. The summed E-state index contributed by atoms with van der Waals surface area (Å²) in [7, 11) is -1.36. The highest BCUT2D eigenvalue weighted by molar-refractivity contribution is 7.91. The number of hydrogen-bond acceptors (Lipinski definition) is 6. The first kappa shape index (κ1) is 16.3. The molecule has 9 heteroatoms. The minimum absolute atomic E-state index is 0.0435. The van der Waals surface area contributed by atoms with Gasteiger partial charge in [-0.05, 0) is 12.3 Å². The Balaban J connectivity index is 2.01. The van der Waals surface area contributed by atoms with E-state index in [0.29, 0.717) is 31.8 Å². The molecule has 1 atom stereocenters. The number of sulfone groups is 1. The van der Waals surface area contributed by atoms with E-state index in [-0.39, 0.29) is 22.4 Å². The van der Waals surface area contributed by atoms with Crippen molar-refractivity contribution in [3.05, 3.63) is 21.6 Å². The number of methoxy groups -OCH3 is 1. The van der Waals surface area contributed by atoms with E-state index < -0.39 is 15.4 Å². The Labute approximate surface area is 128 Å². The van der Waals surface area contributed by atoms with Crippen LogP contribution in [0.2, 0.25) is 5.02 Å². The lowest BCUT2D eigenvalue weighted by Gasteiger charge is -2.12. The molecule has 0 aliphatic carbocycles. The van der Waals surface area contributed by atoms with Crippen molar-refractivity contribution in [3.63, 3.8) is 0 Å². The van der Waals surface area contributed by atoms with E-state index in [4.69, 9.17) is 16.3 Å². The van der Waals surface area contributed by atoms with Crippen molar-refractivity contribution in [2.24, 2.45) is 5.92 Å². The van der Waals surface area contributed by atoms with Crippen molar-refractivity contribution in [2.45, 2.75) is 13.0 Å². The molecule has 1 aromatic heterocycles. The fraction of sp³-hybridized carbons (Fsp3) is 0.667. The third-order valence-electron chi connectivity index (χ3n) is 3.40. The van der Waals surface area contributed by atoms with Crippen LogP contribution in [-0.4, -0.2) is 50.0 Å². The largest absolute Gasteiger partial charge is 0.383 e. The molecule has 1 aliphatic rings. The molecule has 1 unspecified atom stereocenters. The fourth-order valence-corrected chi connectivity index (χ4v) is 4.29. The summed E-state index contributed by atoms with van der Waals surface area (Å²) >= 11 is 6.02. The summed E-state index contributed by atoms with van der Waals surface area (Å²) in [5.41, 5.74) is 0.0393.